The van der Waals surface area contributed by atoms with E-state index in [1.165, 1.54) is 0 Å². The number of halogens is 1. The fourth-order valence-electron chi connectivity index (χ4n) is 2.05. The lowest BCUT2D eigenvalue weighted by Gasteiger charge is -2.13. The summed E-state index contributed by atoms with van der Waals surface area (Å²) in [5, 5.41) is 5.80. The molecule has 0 fully saturated rings. The molecular weight excluding hydrogens is 404 g/mol. The Bertz CT molecular complexity index is 768. The molecule has 0 radical (unpaired) electrons. The van der Waals surface area contributed by atoms with Gasteiger partial charge in [0.1, 0.15) is 11.5 Å². The van der Waals surface area contributed by atoms with Crippen LogP contribution < -0.4 is 20.1 Å². The number of amides is 1. The van der Waals surface area contributed by atoms with Gasteiger partial charge in [0.05, 0.1) is 23.9 Å². The van der Waals surface area contributed by atoms with Crippen molar-refractivity contribution in [3.05, 3.63) is 52.5 Å². The van der Waals surface area contributed by atoms with Crippen LogP contribution in [0, 0.1) is 0 Å². The summed E-state index contributed by atoms with van der Waals surface area (Å²) >= 11 is 8.62. The molecule has 0 aromatic heterocycles. The van der Waals surface area contributed by atoms with Crippen LogP contribution in [0.15, 0.2) is 46.9 Å². The van der Waals surface area contributed by atoms with Gasteiger partial charge in [-0.25, -0.2) is 0 Å². The molecule has 0 bridgehead atoms. The van der Waals surface area contributed by atoms with Crippen molar-refractivity contribution in [2.24, 2.45) is 0 Å². The molecule has 5 nitrogen and oxygen atoms in total. The van der Waals surface area contributed by atoms with Crippen LogP contribution >= 0.6 is 28.1 Å². The Morgan fingerprint density at radius 1 is 1.20 bits per heavy atom. The van der Waals surface area contributed by atoms with E-state index in [-0.39, 0.29) is 11.0 Å². The number of benzene rings is 2. The second kappa shape index (κ2) is 9.39. The SMILES string of the molecule is CCCOc1ccc(C(=O)NC(=S)Nc2ccccc2OC)cc1Br. The highest BCUT2D eigenvalue weighted by Gasteiger charge is 2.12. The molecule has 7 heteroatoms. The minimum Gasteiger partial charge on any atom is -0.495 e. The minimum absolute atomic E-state index is 0.192. The van der Waals surface area contributed by atoms with E-state index >= 15 is 0 Å². The lowest BCUT2D eigenvalue weighted by atomic mass is 10.2. The van der Waals surface area contributed by atoms with Crippen molar-refractivity contribution in [2.75, 3.05) is 19.0 Å². The van der Waals surface area contributed by atoms with E-state index in [2.05, 4.69) is 26.6 Å². The van der Waals surface area contributed by atoms with Crippen LogP contribution in [-0.4, -0.2) is 24.7 Å². The van der Waals surface area contributed by atoms with Crippen molar-refractivity contribution in [1.82, 2.24) is 5.32 Å². The quantitative estimate of drug-likeness (QED) is 0.676. The molecule has 0 saturated carbocycles. The van der Waals surface area contributed by atoms with E-state index in [4.69, 9.17) is 21.7 Å². The number of carbonyl (C=O) groups excluding carboxylic acids is 1. The number of methoxy groups -OCH3 is 1. The molecule has 132 valence electrons. The van der Waals surface area contributed by atoms with Gasteiger partial charge in [-0.2, -0.15) is 0 Å². The Hall–Kier alpha value is -2.12. The van der Waals surface area contributed by atoms with Gasteiger partial charge in [-0.1, -0.05) is 19.1 Å². The minimum atomic E-state index is -0.310. The van der Waals surface area contributed by atoms with Crippen LogP contribution in [0.1, 0.15) is 23.7 Å². The van der Waals surface area contributed by atoms with Gasteiger partial charge in [0.25, 0.3) is 5.91 Å². The molecule has 0 unspecified atom stereocenters. The monoisotopic (exact) mass is 422 g/mol. The van der Waals surface area contributed by atoms with Crippen LogP contribution in [0.4, 0.5) is 5.69 Å². The van der Waals surface area contributed by atoms with Crippen molar-refractivity contribution in [3.8, 4) is 11.5 Å². The summed E-state index contributed by atoms with van der Waals surface area (Å²) in [7, 11) is 1.57. The van der Waals surface area contributed by atoms with Crippen LogP contribution in [0.2, 0.25) is 0 Å². The number of nitrogens with one attached hydrogen (secondary N) is 2. The molecule has 0 aliphatic rings. The summed E-state index contributed by atoms with van der Waals surface area (Å²) in [6, 6.07) is 12.5. The zero-order valence-electron chi connectivity index (χ0n) is 14.0. The number of para-hydroxylation sites is 2. The highest BCUT2D eigenvalue weighted by atomic mass is 79.9. The fourth-order valence-corrected chi connectivity index (χ4v) is 2.74. The lowest BCUT2D eigenvalue weighted by Crippen LogP contribution is -2.34. The first-order chi connectivity index (χ1) is 12.0. The average Bonchev–Trinajstić information content (AvgIpc) is 2.61. The first-order valence-electron chi connectivity index (χ1n) is 7.72. The Morgan fingerprint density at radius 2 is 1.96 bits per heavy atom. The Labute approximate surface area is 160 Å². The predicted octanol–water partition coefficient (Wildman–Crippen LogP) is 4.37. The molecule has 2 N–H and O–H groups in total. The second-order valence-electron chi connectivity index (χ2n) is 5.10. The number of hydrogen-bond donors (Lipinski definition) is 2. The summed E-state index contributed by atoms with van der Waals surface area (Å²) in [6.07, 6.45) is 0.914. The van der Waals surface area contributed by atoms with Gasteiger partial charge in [-0.05, 0) is 64.9 Å². The van der Waals surface area contributed by atoms with Crippen LogP contribution in [0.3, 0.4) is 0 Å². The molecule has 0 heterocycles. The molecule has 2 aromatic carbocycles. The molecule has 0 saturated heterocycles. The number of hydrogen-bond acceptors (Lipinski definition) is 4. The van der Waals surface area contributed by atoms with E-state index in [0.29, 0.717) is 29.4 Å². The van der Waals surface area contributed by atoms with Gasteiger partial charge in [0.2, 0.25) is 0 Å². The molecular formula is C18H19BrN2O3S. The van der Waals surface area contributed by atoms with Gasteiger partial charge in [-0.3, -0.25) is 10.1 Å². The number of carbonyl (C=O) groups is 1. The number of anilines is 1. The molecule has 1 amide bonds. The molecule has 2 rings (SSSR count). The van der Waals surface area contributed by atoms with Crippen molar-refractivity contribution in [3.63, 3.8) is 0 Å². The predicted molar refractivity (Wildman–Crippen MR) is 107 cm³/mol. The number of thiocarbonyl (C=S) groups is 1. The first kappa shape index (κ1) is 19.2. The lowest BCUT2D eigenvalue weighted by molar-refractivity contribution is 0.0977. The Morgan fingerprint density at radius 3 is 2.64 bits per heavy atom. The summed E-state index contributed by atoms with van der Waals surface area (Å²) in [4.78, 5) is 12.3. The van der Waals surface area contributed by atoms with Crippen molar-refractivity contribution in [1.29, 1.82) is 0 Å². The third-order valence-electron chi connectivity index (χ3n) is 3.24. The fraction of sp³-hybridized carbons (Fsp3) is 0.222. The average molecular weight is 423 g/mol. The Kier molecular flexibility index (Phi) is 7.21. The van der Waals surface area contributed by atoms with Crippen LogP contribution in [0.25, 0.3) is 0 Å². The maximum absolute atomic E-state index is 12.3. The van der Waals surface area contributed by atoms with E-state index in [1.54, 1.807) is 31.4 Å². The van der Waals surface area contributed by atoms with Crippen molar-refractivity contribution < 1.29 is 14.3 Å². The van der Waals surface area contributed by atoms with Gasteiger partial charge >= 0.3 is 0 Å². The highest BCUT2D eigenvalue weighted by molar-refractivity contribution is 9.10. The largest absolute Gasteiger partial charge is 0.495 e. The maximum Gasteiger partial charge on any atom is 0.257 e. The zero-order chi connectivity index (χ0) is 18.2. The van der Waals surface area contributed by atoms with Crippen molar-refractivity contribution >= 4 is 44.9 Å². The summed E-state index contributed by atoms with van der Waals surface area (Å²) in [5.74, 6) is 1.03. The molecule has 25 heavy (non-hydrogen) atoms. The zero-order valence-corrected chi connectivity index (χ0v) is 16.4. The summed E-state index contributed by atoms with van der Waals surface area (Å²) < 4.78 is 11.5. The molecule has 0 atom stereocenters. The molecule has 0 aliphatic heterocycles. The topological polar surface area (TPSA) is 59.6 Å². The van der Waals surface area contributed by atoms with Crippen LogP contribution in [0.5, 0.6) is 11.5 Å². The van der Waals surface area contributed by atoms with E-state index in [9.17, 15) is 4.79 Å². The first-order valence-corrected chi connectivity index (χ1v) is 8.93. The summed E-state index contributed by atoms with van der Waals surface area (Å²) in [6.45, 7) is 2.66. The van der Waals surface area contributed by atoms with E-state index in [0.717, 1.165) is 10.9 Å². The standard InChI is InChI=1S/C18H19BrN2O3S/c1-3-10-24-15-9-8-12(11-13(15)19)17(22)21-18(25)20-14-6-4-5-7-16(14)23-2/h4-9,11H,3,10H2,1-2H3,(H2,20,21,22,25). The maximum atomic E-state index is 12.3. The highest BCUT2D eigenvalue weighted by Crippen LogP contribution is 2.26. The van der Waals surface area contributed by atoms with E-state index < -0.39 is 0 Å². The second-order valence-corrected chi connectivity index (χ2v) is 6.36. The molecule has 0 aliphatic carbocycles. The van der Waals surface area contributed by atoms with Gasteiger partial charge < -0.3 is 14.8 Å². The normalized spacial score (nSPS) is 10.0. The summed E-state index contributed by atoms with van der Waals surface area (Å²) in [5.41, 5.74) is 1.15. The van der Waals surface area contributed by atoms with E-state index in [1.807, 2.05) is 25.1 Å². The molecule has 0 spiro atoms. The van der Waals surface area contributed by atoms with Gasteiger partial charge in [0.15, 0.2) is 5.11 Å². The number of rotatable bonds is 6. The number of ether oxygens (including phenoxy) is 2. The Balaban J connectivity index is 2.01. The van der Waals surface area contributed by atoms with Crippen LogP contribution in [-0.2, 0) is 0 Å². The van der Waals surface area contributed by atoms with Gasteiger partial charge in [0, 0.05) is 5.56 Å². The third kappa shape index (κ3) is 5.44. The third-order valence-corrected chi connectivity index (χ3v) is 4.06. The van der Waals surface area contributed by atoms with Gasteiger partial charge in [-0.15, -0.1) is 0 Å². The molecule has 2 aromatic rings. The van der Waals surface area contributed by atoms with Crippen molar-refractivity contribution in [2.45, 2.75) is 13.3 Å². The smallest absolute Gasteiger partial charge is 0.257 e.